The lowest BCUT2D eigenvalue weighted by molar-refractivity contribution is -0.152. The average Bonchev–Trinajstić information content (AvgIpc) is 3.00. The molecule has 8 heteroatoms. The van der Waals surface area contributed by atoms with Crippen LogP contribution >= 0.6 is 0 Å². The van der Waals surface area contributed by atoms with E-state index in [9.17, 15) is 19.2 Å². The van der Waals surface area contributed by atoms with E-state index in [1.54, 1.807) is 11.8 Å². The summed E-state index contributed by atoms with van der Waals surface area (Å²) in [6.45, 7) is 2.35. The number of benzene rings is 1. The van der Waals surface area contributed by atoms with Crippen LogP contribution in [0.1, 0.15) is 18.9 Å². The number of rotatable bonds is 7. The van der Waals surface area contributed by atoms with Gasteiger partial charge in [-0.1, -0.05) is 30.3 Å². The maximum Gasteiger partial charge on any atom is 0.321 e. The first-order valence-corrected chi connectivity index (χ1v) is 8.55. The number of urea groups is 1. The van der Waals surface area contributed by atoms with E-state index in [1.807, 2.05) is 35.6 Å². The highest BCUT2D eigenvalue weighted by atomic mass is 16.5. The lowest BCUT2D eigenvalue weighted by atomic mass is 10.1. The number of esters is 1. The molecule has 1 atom stereocenters. The smallest absolute Gasteiger partial charge is 0.321 e. The monoisotopic (exact) mass is 361 g/mol. The van der Waals surface area contributed by atoms with Gasteiger partial charge in [-0.3, -0.25) is 19.7 Å². The predicted octanol–water partition coefficient (Wildman–Crippen LogP) is 0.467. The molecule has 2 N–H and O–H groups in total. The molecule has 0 spiro atoms. The molecule has 0 saturated carbocycles. The molecule has 0 radical (unpaired) electrons. The summed E-state index contributed by atoms with van der Waals surface area (Å²) in [5, 5.41) is 4.43. The van der Waals surface area contributed by atoms with Crippen LogP contribution in [-0.2, 0) is 25.5 Å². The van der Waals surface area contributed by atoms with Gasteiger partial charge in [0.25, 0.3) is 5.91 Å². The average molecular weight is 361 g/mol. The van der Waals surface area contributed by atoms with Gasteiger partial charge in [0.1, 0.15) is 0 Å². The number of imide groups is 1. The van der Waals surface area contributed by atoms with Crippen molar-refractivity contribution < 1.29 is 23.9 Å². The van der Waals surface area contributed by atoms with E-state index >= 15 is 0 Å². The van der Waals surface area contributed by atoms with E-state index in [2.05, 4.69) is 5.32 Å². The first-order chi connectivity index (χ1) is 12.5. The van der Waals surface area contributed by atoms with Crippen LogP contribution < -0.4 is 10.6 Å². The molecule has 0 aromatic heterocycles. The molecule has 2 rings (SSSR count). The Balaban J connectivity index is 1.74. The third kappa shape index (κ3) is 5.87. The molecule has 0 aliphatic carbocycles. The third-order valence-electron chi connectivity index (χ3n) is 4.00. The van der Waals surface area contributed by atoms with Crippen molar-refractivity contribution in [2.45, 2.75) is 19.8 Å². The van der Waals surface area contributed by atoms with Crippen molar-refractivity contribution in [1.29, 1.82) is 0 Å². The van der Waals surface area contributed by atoms with Gasteiger partial charge in [-0.05, 0) is 18.9 Å². The van der Waals surface area contributed by atoms with Crippen LogP contribution in [0.2, 0.25) is 0 Å². The highest BCUT2D eigenvalue weighted by Crippen LogP contribution is 2.19. The normalized spacial score (nSPS) is 16.3. The molecule has 4 amide bonds. The lowest BCUT2D eigenvalue weighted by Crippen LogP contribution is -2.41. The van der Waals surface area contributed by atoms with Gasteiger partial charge in [0.15, 0.2) is 6.61 Å². The second kappa shape index (κ2) is 9.55. The van der Waals surface area contributed by atoms with E-state index in [1.165, 1.54) is 0 Å². The molecule has 1 aliphatic heterocycles. The highest BCUT2D eigenvalue weighted by molar-refractivity contribution is 5.95. The fourth-order valence-corrected chi connectivity index (χ4v) is 2.68. The number of ether oxygens (including phenoxy) is 1. The molecular formula is C18H23N3O5. The molecule has 8 nitrogen and oxygen atoms in total. The zero-order valence-electron chi connectivity index (χ0n) is 14.7. The Bertz CT molecular complexity index is 662. The number of carbonyl (C=O) groups excluding carboxylic acids is 4. The topological polar surface area (TPSA) is 105 Å². The van der Waals surface area contributed by atoms with Gasteiger partial charge in [0, 0.05) is 26.1 Å². The summed E-state index contributed by atoms with van der Waals surface area (Å²) in [5.74, 6) is -2.01. The molecule has 1 unspecified atom stereocenters. The van der Waals surface area contributed by atoms with E-state index < -0.39 is 30.4 Å². The minimum absolute atomic E-state index is 0.0750. The fourth-order valence-electron chi connectivity index (χ4n) is 2.68. The molecule has 1 aromatic carbocycles. The van der Waals surface area contributed by atoms with Crippen LogP contribution in [0, 0.1) is 5.92 Å². The second-order valence-corrected chi connectivity index (χ2v) is 5.99. The van der Waals surface area contributed by atoms with E-state index in [0.29, 0.717) is 19.5 Å². The summed E-state index contributed by atoms with van der Waals surface area (Å²) >= 11 is 0. The summed E-state index contributed by atoms with van der Waals surface area (Å²) in [4.78, 5) is 48.4. The van der Waals surface area contributed by atoms with Gasteiger partial charge >= 0.3 is 12.0 Å². The van der Waals surface area contributed by atoms with Gasteiger partial charge < -0.3 is 15.0 Å². The van der Waals surface area contributed by atoms with Crippen LogP contribution in [0.25, 0.3) is 0 Å². The number of nitrogens with zero attached hydrogens (tertiary/aromatic N) is 1. The van der Waals surface area contributed by atoms with Crippen molar-refractivity contribution in [3.8, 4) is 0 Å². The number of hydrogen-bond donors (Lipinski definition) is 2. The summed E-state index contributed by atoms with van der Waals surface area (Å²) < 4.78 is 4.92. The zero-order valence-corrected chi connectivity index (χ0v) is 14.7. The van der Waals surface area contributed by atoms with Crippen molar-refractivity contribution >= 4 is 23.8 Å². The Kier molecular flexibility index (Phi) is 7.13. The summed E-state index contributed by atoms with van der Waals surface area (Å²) in [7, 11) is 0. The largest absolute Gasteiger partial charge is 0.455 e. The lowest BCUT2D eigenvalue weighted by Gasteiger charge is -2.16. The van der Waals surface area contributed by atoms with E-state index in [0.717, 1.165) is 5.56 Å². The Morgan fingerprint density at radius 3 is 2.65 bits per heavy atom. The second-order valence-electron chi connectivity index (χ2n) is 5.99. The Morgan fingerprint density at radius 1 is 1.23 bits per heavy atom. The molecule has 0 bridgehead atoms. The van der Waals surface area contributed by atoms with Gasteiger partial charge in [-0.25, -0.2) is 4.79 Å². The quantitative estimate of drug-likeness (QED) is 0.687. The summed E-state index contributed by atoms with van der Waals surface area (Å²) in [6.07, 6.45) is 0.787. The van der Waals surface area contributed by atoms with Crippen molar-refractivity contribution in [3.05, 3.63) is 35.9 Å². The predicted molar refractivity (Wildman–Crippen MR) is 93.0 cm³/mol. The van der Waals surface area contributed by atoms with E-state index in [4.69, 9.17) is 4.74 Å². The van der Waals surface area contributed by atoms with Gasteiger partial charge in [-0.2, -0.15) is 0 Å². The van der Waals surface area contributed by atoms with Crippen LogP contribution in [0.5, 0.6) is 0 Å². The van der Waals surface area contributed by atoms with E-state index in [-0.39, 0.29) is 18.9 Å². The Morgan fingerprint density at radius 2 is 1.96 bits per heavy atom. The third-order valence-corrected chi connectivity index (χ3v) is 4.00. The number of hydrogen-bond acceptors (Lipinski definition) is 5. The van der Waals surface area contributed by atoms with Crippen molar-refractivity contribution in [1.82, 2.24) is 15.5 Å². The number of nitrogens with one attached hydrogen (secondary N) is 2. The Labute approximate surface area is 151 Å². The van der Waals surface area contributed by atoms with Crippen molar-refractivity contribution in [3.63, 3.8) is 0 Å². The molecule has 1 aromatic rings. The first kappa shape index (κ1) is 19.4. The maximum atomic E-state index is 12.1. The fraction of sp³-hybridized carbons (Fsp3) is 0.444. The van der Waals surface area contributed by atoms with Gasteiger partial charge in [0.05, 0.1) is 5.92 Å². The zero-order chi connectivity index (χ0) is 18.9. The summed E-state index contributed by atoms with van der Waals surface area (Å²) in [6, 6.07) is 9.13. The van der Waals surface area contributed by atoms with Crippen LogP contribution in [0.4, 0.5) is 4.79 Å². The van der Waals surface area contributed by atoms with Gasteiger partial charge in [0.2, 0.25) is 5.91 Å². The number of carbonyl (C=O) groups is 4. The molecule has 1 saturated heterocycles. The maximum absolute atomic E-state index is 12.1. The van der Waals surface area contributed by atoms with Crippen LogP contribution in [-0.4, -0.2) is 55.0 Å². The molecule has 140 valence electrons. The SMILES string of the molecule is CCNC(=O)NC(=O)COC(=O)C1CC(=O)N(CCc2ccccc2)C1. The first-order valence-electron chi connectivity index (χ1n) is 8.55. The highest BCUT2D eigenvalue weighted by Gasteiger charge is 2.35. The molecule has 1 heterocycles. The standard InChI is InChI=1S/C18H23N3O5/c1-2-19-18(25)20-15(22)12-26-17(24)14-10-16(23)21(11-14)9-8-13-6-4-3-5-7-13/h3-7,14H,2,8-12H2,1H3,(H2,19,20,22,25). The van der Waals surface area contributed by atoms with Crippen molar-refractivity contribution in [2.24, 2.45) is 5.92 Å². The number of likely N-dealkylation sites (tertiary alicyclic amines) is 1. The van der Waals surface area contributed by atoms with Gasteiger partial charge in [-0.15, -0.1) is 0 Å². The molecule has 1 aliphatic rings. The number of amides is 4. The molecule has 26 heavy (non-hydrogen) atoms. The molecular weight excluding hydrogens is 338 g/mol. The Hall–Kier alpha value is -2.90. The minimum Gasteiger partial charge on any atom is -0.455 e. The summed E-state index contributed by atoms with van der Waals surface area (Å²) in [5.41, 5.74) is 1.12. The van der Waals surface area contributed by atoms with Crippen molar-refractivity contribution in [2.75, 3.05) is 26.2 Å². The van der Waals surface area contributed by atoms with Crippen LogP contribution in [0.3, 0.4) is 0 Å². The van der Waals surface area contributed by atoms with Crippen LogP contribution in [0.15, 0.2) is 30.3 Å². The minimum atomic E-state index is -0.713. The molecule has 1 fully saturated rings.